The van der Waals surface area contributed by atoms with Gasteiger partial charge in [0.2, 0.25) is 0 Å². The topological polar surface area (TPSA) is 29.5 Å². The van der Waals surface area contributed by atoms with Crippen LogP contribution in [-0.2, 0) is 9.63 Å². The molecule has 90 valence electrons. The van der Waals surface area contributed by atoms with E-state index in [1.807, 2.05) is 35.4 Å². The van der Waals surface area contributed by atoms with Gasteiger partial charge in [-0.1, -0.05) is 32.0 Å². The van der Waals surface area contributed by atoms with Gasteiger partial charge in [0.1, 0.15) is 6.04 Å². The monoisotopic (exact) mass is 231 g/mol. The van der Waals surface area contributed by atoms with Gasteiger partial charge in [-0.25, -0.2) is 5.06 Å². The van der Waals surface area contributed by atoms with E-state index in [2.05, 4.69) is 13.8 Å². The van der Waals surface area contributed by atoms with Gasteiger partial charge in [-0.15, -0.1) is 0 Å². The van der Waals surface area contributed by atoms with Crippen molar-refractivity contribution in [1.82, 2.24) is 0 Å². The lowest BCUT2D eigenvalue weighted by Gasteiger charge is -2.52. The van der Waals surface area contributed by atoms with Gasteiger partial charge in [-0.2, -0.15) is 0 Å². The van der Waals surface area contributed by atoms with Crippen LogP contribution >= 0.6 is 0 Å². The molecule has 3 aliphatic rings. The van der Waals surface area contributed by atoms with Gasteiger partial charge in [0.15, 0.2) is 5.78 Å². The second-order valence-corrected chi connectivity index (χ2v) is 5.63. The zero-order valence-corrected chi connectivity index (χ0v) is 10.2. The van der Waals surface area contributed by atoms with Gasteiger partial charge in [-0.05, 0) is 24.0 Å². The van der Waals surface area contributed by atoms with Crippen LogP contribution in [0.5, 0.6) is 0 Å². The second kappa shape index (κ2) is 3.57. The van der Waals surface area contributed by atoms with Crippen LogP contribution in [0, 0.1) is 5.41 Å². The van der Waals surface area contributed by atoms with Gasteiger partial charge in [0.25, 0.3) is 0 Å². The number of hydrogen-bond acceptors (Lipinski definition) is 3. The van der Waals surface area contributed by atoms with E-state index in [0.29, 0.717) is 12.2 Å². The van der Waals surface area contributed by atoms with Gasteiger partial charge in [0.05, 0.1) is 11.8 Å². The van der Waals surface area contributed by atoms with Gasteiger partial charge >= 0.3 is 0 Å². The summed E-state index contributed by atoms with van der Waals surface area (Å²) in [6.07, 6.45) is 1.45. The molecule has 1 aliphatic carbocycles. The Morgan fingerprint density at radius 2 is 2.00 bits per heavy atom. The van der Waals surface area contributed by atoms with E-state index in [4.69, 9.17) is 4.84 Å². The third-order valence-corrected chi connectivity index (χ3v) is 3.88. The molecule has 2 bridgehead atoms. The molecular weight excluding hydrogens is 214 g/mol. The maximum atomic E-state index is 12.0. The molecule has 0 spiro atoms. The fourth-order valence-electron chi connectivity index (χ4n) is 2.76. The molecule has 3 nitrogen and oxygen atoms in total. The molecule has 1 saturated carbocycles. The number of hydrogen-bond donors (Lipinski definition) is 0. The first-order valence-corrected chi connectivity index (χ1v) is 6.12. The van der Waals surface area contributed by atoms with E-state index in [0.717, 1.165) is 12.1 Å². The van der Waals surface area contributed by atoms with E-state index in [1.54, 1.807) is 0 Å². The number of hydroxylamine groups is 1. The summed E-state index contributed by atoms with van der Waals surface area (Å²) in [5.41, 5.74) is 1.08. The van der Waals surface area contributed by atoms with Crippen LogP contribution in [0.25, 0.3) is 0 Å². The number of ketones is 1. The number of benzene rings is 1. The van der Waals surface area contributed by atoms with E-state index in [9.17, 15) is 4.79 Å². The van der Waals surface area contributed by atoms with Crippen molar-refractivity contribution in [2.45, 2.75) is 38.8 Å². The molecule has 1 aromatic rings. The fraction of sp³-hybridized carbons (Fsp3) is 0.500. The molecule has 0 aromatic heterocycles. The first-order chi connectivity index (χ1) is 8.08. The lowest BCUT2D eigenvalue weighted by molar-refractivity contribution is -0.160. The third kappa shape index (κ3) is 1.65. The summed E-state index contributed by atoms with van der Waals surface area (Å²) in [5, 5.41) is 1.81. The zero-order valence-electron chi connectivity index (χ0n) is 10.2. The smallest absolute Gasteiger partial charge is 0.160 e. The number of carbonyl (C=O) groups is 1. The Balaban J connectivity index is 1.93. The number of fused-ring (bicyclic) bond motifs is 3. The van der Waals surface area contributed by atoms with E-state index >= 15 is 0 Å². The Bertz CT molecular complexity index is 441. The zero-order chi connectivity index (χ0) is 12.0. The molecule has 0 amide bonds. The second-order valence-electron chi connectivity index (χ2n) is 5.63. The van der Waals surface area contributed by atoms with Crippen molar-refractivity contribution in [3.8, 4) is 0 Å². The number of anilines is 1. The van der Waals surface area contributed by atoms with Crippen molar-refractivity contribution in [3.05, 3.63) is 30.3 Å². The van der Waals surface area contributed by atoms with E-state index in [1.165, 1.54) is 0 Å². The maximum Gasteiger partial charge on any atom is 0.160 e. The Morgan fingerprint density at radius 1 is 1.29 bits per heavy atom. The van der Waals surface area contributed by atoms with Crippen LogP contribution in [-0.4, -0.2) is 17.9 Å². The molecular formula is C14H17NO2. The average Bonchev–Trinajstić information content (AvgIpc) is 2.31. The Morgan fingerprint density at radius 3 is 2.65 bits per heavy atom. The highest BCUT2D eigenvalue weighted by atomic mass is 16.7. The van der Waals surface area contributed by atoms with Gasteiger partial charge in [-0.3, -0.25) is 9.63 Å². The molecule has 4 rings (SSSR count). The largest absolute Gasteiger partial charge is 0.297 e. The van der Waals surface area contributed by atoms with Crippen LogP contribution in [0.15, 0.2) is 30.3 Å². The third-order valence-electron chi connectivity index (χ3n) is 3.88. The van der Waals surface area contributed by atoms with Crippen LogP contribution < -0.4 is 5.06 Å². The number of Topliss-reactive ketones (excluding diaryl/α,β-unsaturated/α-hetero) is 1. The molecule has 1 aromatic carbocycles. The van der Waals surface area contributed by atoms with E-state index in [-0.39, 0.29) is 17.6 Å². The minimum Gasteiger partial charge on any atom is -0.297 e. The normalized spacial score (nSPS) is 30.7. The van der Waals surface area contributed by atoms with Crippen molar-refractivity contribution in [1.29, 1.82) is 0 Å². The number of nitrogens with zero attached hydrogens (tertiary/aromatic N) is 1. The van der Waals surface area contributed by atoms with E-state index < -0.39 is 0 Å². The molecule has 3 fully saturated rings. The lowest BCUT2D eigenvalue weighted by Crippen LogP contribution is -2.61. The molecule has 2 atom stereocenters. The predicted octanol–water partition coefficient (Wildman–Crippen LogP) is 2.56. The van der Waals surface area contributed by atoms with Crippen LogP contribution in [0.4, 0.5) is 5.69 Å². The summed E-state index contributed by atoms with van der Waals surface area (Å²) in [6, 6.07) is 9.77. The Kier molecular flexibility index (Phi) is 2.26. The Hall–Kier alpha value is -1.35. The maximum absolute atomic E-state index is 12.0. The fourth-order valence-corrected chi connectivity index (χ4v) is 2.76. The van der Waals surface area contributed by atoms with Gasteiger partial charge < -0.3 is 0 Å². The van der Waals surface area contributed by atoms with Crippen LogP contribution in [0.3, 0.4) is 0 Å². The molecule has 0 N–H and O–H groups in total. The van der Waals surface area contributed by atoms with Crippen molar-refractivity contribution >= 4 is 11.5 Å². The van der Waals surface area contributed by atoms with Crippen molar-refractivity contribution < 1.29 is 9.63 Å². The molecule has 2 heterocycles. The van der Waals surface area contributed by atoms with Crippen LogP contribution in [0.2, 0.25) is 0 Å². The highest BCUT2D eigenvalue weighted by Crippen LogP contribution is 2.44. The predicted molar refractivity (Wildman–Crippen MR) is 65.6 cm³/mol. The number of carbonyl (C=O) groups excluding carboxylic acids is 1. The highest BCUT2D eigenvalue weighted by Gasteiger charge is 2.51. The van der Waals surface area contributed by atoms with Crippen molar-refractivity contribution in [3.63, 3.8) is 0 Å². The SMILES string of the molecule is CC1(C)CC2C(=O)CC1ON2c1ccccc1. The molecule has 3 heteroatoms. The summed E-state index contributed by atoms with van der Waals surface area (Å²) in [7, 11) is 0. The summed E-state index contributed by atoms with van der Waals surface area (Å²) in [4.78, 5) is 18.0. The summed E-state index contributed by atoms with van der Waals surface area (Å²) in [5.74, 6) is 0.310. The van der Waals surface area contributed by atoms with Crippen molar-refractivity contribution in [2.75, 3.05) is 5.06 Å². The molecule has 2 unspecified atom stereocenters. The molecule has 0 radical (unpaired) electrons. The summed E-state index contributed by atoms with van der Waals surface area (Å²) < 4.78 is 0. The quantitative estimate of drug-likeness (QED) is 0.744. The first-order valence-electron chi connectivity index (χ1n) is 6.12. The molecule has 17 heavy (non-hydrogen) atoms. The molecule has 2 aliphatic heterocycles. The van der Waals surface area contributed by atoms with Gasteiger partial charge in [0, 0.05) is 6.42 Å². The number of para-hydroxylation sites is 1. The standard InChI is InChI=1S/C14H17NO2/c1-14(2)9-11-12(16)8-13(14)17-15(11)10-6-4-3-5-7-10/h3-7,11,13H,8-9H2,1-2H3. The lowest BCUT2D eigenvalue weighted by atomic mass is 9.71. The first kappa shape index (κ1) is 10.8. The summed E-state index contributed by atoms with van der Waals surface area (Å²) >= 11 is 0. The van der Waals surface area contributed by atoms with Crippen molar-refractivity contribution in [2.24, 2.45) is 5.41 Å². The number of rotatable bonds is 1. The highest BCUT2D eigenvalue weighted by molar-refractivity contribution is 5.89. The minimum absolute atomic E-state index is 0.0141. The minimum atomic E-state index is -0.114. The average molecular weight is 231 g/mol. The molecule has 2 saturated heterocycles. The Labute approximate surface area is 101 Å². The summed E-state index contributed by atoms with van der Waals surface area (Å²) in [6.45, 7) is 4.36. The van der Waals surface area contributed by atoms with Crippen LogP contribution in [0.1, 0.15) is 26.7 Å².